The molecule has 0 saturated carbocycles. The van der Waals surface area contributed by atoms with Crippen LogP contribution < -0.4 is 5.73 Å². The summed E-state index contributed by atoms with van der Waals surface area (Å²) in [5.74, 6) is -0.399. The summed E-state index contributed by atoms with van der Waals surface area (Å²) in [6.07, 6.45) is 0.821. The summed E-state index contributed by atoms with van der Waals surface area (Å²) in [5.41, 5.74) is 6.61. The molecular formula is C9H11ClFN. The highest BCUT2D eigenvalue weighted by Gasteiger charge is 2.05. The maximum absolute atomic E-state index is 12.7. The molecule has 1 aromatic carbocycles. The summed E-state index contributed by atoms with van der Waals surface area (Å²) in [6, 6.07) is 4.52. The molecule has 1 atom stereocenters. The highest BCUT2D eigenvalue weighted by Crippen LogP contribution is 2.20. The second-order valence-electron chi connectivity index (χ2n) is 2.69. The molecule has 0 spiro atoms. The van der Waals surface area contributed by atoms with Crippen molar-refractivity contribution >= 4 is 11.6 Å². The standard InChI is InChI=1S/C9H11ClFN/c1-2-9(12)6-3-4-8(11)7(10)5-6/h3-5,9H,2,12H2,1H3/t9-/m1/s1. The van der Waals surface area contributed by atoms with Crippen LogP contribution in [0.3, 0.4) is 0 Å². The first-order valence-corrected chi connectivity index (χ1v) is 4.23. The first-order valence-electron chi connectivity index (χ1n) is 3.85. The van der Waals surface area contributed by atoms with Crippen molar-refractivity contribution in [3.05, 3.63) is 34.6 Å². The van der Waals surface area contributed by atoms with Crippen LogP contribution in [-0.4, -0.2) is 0 Å². The van der Waals surface area contributed by atoms with E-state index >= 15 is 0 Å². The van der Waals surface area contributed by atoms with Crippen molar-refractivity contribution in [2.75, 3.05) is 0 Å². The van der Waals surface area contributed by atoms with Crippen molar-refractivity contribution in [2.24, 2.45) is 5.73 Å². The van der Waals surface area contributed by atoms with Gasteiger partial charge in [-0.1, -0.05) is 24.6 Å². The van der Waals surface area contributed by atoms with Crippen LogP contribution in [0, 0.1) is 5.82 Å². The fourth-order valence-electron chi connectivity index (χ4n) is 0.979. The zero-order valence-corrected chi connectivity index (χ0v) is 7.61. The number of halogens is 2. The largest absolute Gasteiger partial charge is 0.324 e. The minimum absolute atomic E-state index is 0.0527. The molecule has 0 radical (unpaired) electrons. The zero-order chi connectivity index (χ0) is 9.14. The first-order chi connectivity index (χ1) is 5.65. The quantitative estimate of drug-likeness (QED) is 0.757. The monoisotopic (exact) mass is 187 g/mol. The highest BCUT2D eigenvalue weighted by atomic mass is 35.5. The van der Waals surface area contributed by atoms with Gasteiger partial charge in [0.25, 0.3) is 0 Å². The summed E-state index contributed by atoms with van der Waals surface area (Å²) < 4.78 is 12.7. The van der Waals surface area contributed by atoms with E-state index in [-0.39, 0.29) is 11.1 Å². The van der Waals surface area contributed by atoms with E-state index in [0.717, 1.165) is 12.0 Å². The third-order valence-corrected chi connectivity index (χ3v) is 2.10. The van der Waals surface area contributed by atoms with Gasteiger partial charge in [0.1, 0.15) is 5.82 Å². The highest BCUT2D eigenvalue weighted by molar-refractivity contribution is 6.30. The number of hydrogen-bond acceptors (Lipinski definition) is 1. The Labute approximate surface area is 76.3 Å². The smallest absolute Gasteiger partial charge is 0.141 e. The Morgan fingerprint density at radius 1 is 1.58 bits per heavy atom. The maximum atomic E-state index is 12.7. The average Bonchev–Trinajstić information content (AvgIpc) is 2.08. The molecule has 0 aromatic heterocycles. The van der Waals surface area contributed by atoms with Crippen molar-refractivity contribution in [2.45, 2.75) is 19.4 Å². The Morgan fingerprint density at radius 3 is 2.75 bits per heavy atom. The van der Waals surface area contributed by atoms with E-state index < -0.39 is 5.82 Å². The molecule has 0 fully saturated rings. The normalized spacial score (nSPS) is 13.0. The van der Waals surface area contributed by atoms with Crippen molar-refractivity contribution in [1.29, 1.82) is 0 Å². The van der Waals surface area contributed by atoms with Gasteiger partial charge in [-0.2, -0.15) is 0 Å². The van der Waals surface area contributed by atoms with Gasteiger partial charge in [-0.3, -0.25) is 0 Å². The zero-order valence-electron chi connectivity index (χ0n) is 6.85. The molecule has 2 N–H and O–H groups in total. The van der Waals surface area contributed by atoms with E-state index in [2.05, 4.69) is 0 Å². The van der Waals surface area contributed by atoms with E-state index in [1.165, 1.54) is 6.07 Å². The summed E-state index contributed by atoms with van der Waals surface area (Å²) in [5, 5.41) is 0.136. The van der Waals surface area contributed by atoms with Gasteiger partial charge in [0, 0.05) is 6.04 Å². The van der Waals surface area contributed by atoms with Crippen LogP contribution in [0.2, 0.25) is 5.02 Å². The lowest BCUT2D eigenvalue weighted by Gasteiger charge is -2.08. The number of nitrogens with two attached hydrogens (primary N) is 1. The Bertz CT molecular complexity index is 275. The molecule has 12 heavy (non-hydrogen) atoms. The van der Waals surface area contributed by atoms with Crippen LogP contribution in [0.1, 0.15) is 24.9 Å². The Hall–Kier alpha value is -0.600. The summed E-state index contributed by atoms with van der Waals surface area (Å²) in [7, 11) is 0. The maximum Gasteiger partial charge on any atom is 0.141 e. The van der Waals surface area contributed by atoms with Gasteiger partial charge >= 0.3 is 0 Å². The third kappa shape index (κ3) is 1.96. The summed E-state index contributed by atoms with van der Waals surface area (Å²) >= 11 is 5.58. The van der Waals surface area contributed by atoms with Crippen molar-refractivity contribution < 1.29 is 4.39 Å². The van der Waals surface area contributed by atoms with Gasteiger partial charge in [0.15, 0.2) is 0 Å². The minimum atomic E-state index is -0.399. The second kappa shape index (κ2) is 3.87. The van der Waals surface area contributed by atoms with Crippen LogP contribution in [0.5, 0.6) is 0 Å². The van der Waals surface area contributed by atoms with E-state index in [1.807, 2.05) is 6.92 Å². The van der Waals surface area contributed by atoms with Gasteiger partial charge in [-0.15, -0.1) is 0 Å². The SMILES string of the molecule is CC[C@@H](N)c1ccc(F)c(Cl)c1. The molecule has 0 aliphatic heterocycles. The Morgan fingerprint density at radius 2 is 2.25 bits per heavy atom. The molecule has 0 bridgehead atoms. The first kappa shape index (κ1) is 9.49. The van der Waals surface area contributed by atoms with Gasteiger partial charge in [-0.25, -0.2) is 4.39 Å². The Kier molecular flexibility index (Phi) is 3.06. The van der Waals surface area contributed by atoms with Crippen molar-refractivity contribution in [3.8, 4) is 0 Å². The molecule has 1 aromatic rings. The minimum Gasteiger partial charge on any atom is -0.324 e. The lowest BCUT2D eigenvalue weighted by atomic mass is 10.1. The molecule has 0 aliphatic rings. The van der Waals surface area contributed by atoms with Crippen LogP contribution in [-0.2, 0) is 0 Å². The number of hydrogen-bond donors (Lipinski definition) is 1. The van der Waals surface area contributed by atoms with Crippen LogP contribution in [0.25, 0.3) is 0 Å². The lowest BCUT2D eigenvalue weighted by Crippen LogP contribution is -2.08. The molecule has 0 aliphatic carbocycles. The van der Waals surface area contributed by atoms with Gasteiger partial charge in [-0.05, 0) is 24.1 Å². The van der Waals surface area contributed by atoms with Gasteiger partial charge in [0.2, 0.25) is 0 Å². The number of benzene rings is 1. The molecular weight excluding hydrogens is 177 g/mol. The molecule has 0 heterocycles. The molecule has 0 amide bonds. The predicted molar refractivity (Wildman–Crippen MR) is 48.6 cm³/mol. The van der Waals surface area contributed by atoms with Crippen LogP contribution >= 0.6 is 11.6 Å². The van der Waals surface area contributed by atoms with Crippen molar-refractivity contribution in [3.63, 3.8) is 0 Å². The molecule has 3 heteroatoms. The third-order valence-electron chi connectivity index (χ3n) is 1.81. The van der Waals surface area contributed by atoms with Gasteiger partial charge < -0.3 is 5.73 Å². The molecule has 1 nitrogen and oxygen atoms in total. The fraction of sp³-hybridized carbons (Fsp3) is 0.333. The summed E-state index contributed by atoms with van der Waals surface area (Å²) in [6.45, 7) is 1.97. The van der Waals surface area contributed by atoms with E-state index in [0.29, 0.717) is 0 Å². The van der Waals surface area contributed by atoms with E-state index in [4.69, 9.17) is 17.3 Å². The fourth-order valence-corrected chi connectivity index (χ4v) is 1.17. The average molecular weight is 188 g/mol. The van der Waals surface area contributed by atoms with Crippen molar-refractivity contribution in [1.82, 2.24) is 0 Å². The topological polar surface area (TPSA) is 26.0 Å². The molecule has 1 rings (SSSR count). The van der Waals surface area contributed by atoms with Crippen LogP contribution in [0.15, 0.2) is 18.2 Å². The van der Waals surface area contributed by atoms with E-state index in [9.17, 15) is 4.39 Å². The molecule has 0 unspecified atom stereocenters. The Balaban J connectivity index is 2.96. The van der Waals surface area contributed by atoms with Gasteiger partial charge in [0.05, 0.1) is 5.02 Å². The molecule has 66 valence electrons. The second-order valence-corrected chi connectivity index (χ2v) is 3.10. The van der Waals surface area contributed by atoms with E-state index in [1.54, 1.807) is 12.1 Å². The summed E-state index contributed by atoms with van der Waals surface area (Å²) in [4.78, 5) is 0. The number of rotatable bonds is 2. The molecule has 0 saturated heterocycles. The lowest BCUT2D eigenvalue weighted by molar-refractivity contribution is 0.624. The van der Waals surface area contributed by atoms with Crippen LogP contribution in [0.4, 0.5) is 4.39 Å². The predicted octanol–water partition coefficient (Wildman–Crippen LogP) is 2.89.